The van der Waals surface area contributed by atoms with Gasteiger partial charge in [0.25, 0.3) is 0 Å². The number of carbonyl (C=O) groups excluding carboxylic acids is 2. The first-order valence-corrected chi connectivity index (χ1v) is 12.8. The number of carbonyl (C=O) groups is 2. The molecular weight excluding hydrogens is 376 g/mol. The van der Waals surface area contributed by atoms with Gasteiger partial charge in [0.15, 0.2) is 0 Å². The average molecular weight is 427 g/mol. The molecule has 30 heavy (non-hydrogen) atoms. The van der Waals surface area contributed by atoms with Crippen molar-refractivity contribution >= 4 is 11.9 Å². The van der Waals surface area contributed by atoms with Gasteiger partial charge in [-0.3, -0.25) is 9.59 Å². The summed E-state index contributed by atoms with van der Waals surface area (Å²) in [7, 11) is 0. The molecule has 0 spiro atoms. The Bertz CT molecular complexity index is 406. The summed E-state index contributed by atoms with van der Waals surface area (Å²) in [6, 6.07) is 0. The normalized spacial score (nSPS) is 12.2. The molecular formula is C26H50O4. The van der Waals surface area contributed by atoms with Gasteiger partial charge in [0.2, 0.25) is 0 Å². The average Bonchev–Trinajstić information content (AvgIpc) is 2.70. The van der Waals surface area contributed by atoms with Gasteiger partial charge in [0.05, 0.1) is 13.2 Å². The maximum atomic E-state index is 11.7. The second-order valence-corrected chi connectivity index (χ2v) is 9.34. The van der Waals surface area contributed by atoms with Crippen LogP contribution in [0.1, 0.15) is 130 Å². The standard InChI is InChI=1S/C26H50O4/c1-5-16-24(4)18-11-9-15-22-30-26(28)20-13-12-19-25(27)29-21-14-8-6-7-10-17-23(2)3/h23-24H,5-22H2,1-4H3. The Hall–Kier alpha value is -1.06. The van der Waals surface area contributed by atoms with Crippen LogP contribution in [0.4, 0.5) is 0 Å². The molecule has 0 saturated heterocycles. The monoisotopic (exact) mass is 426 g/mol. The van der Waals surface area contributed by atoms with Crippen molar-refractivity contribution < 1.29 is 19.1 Å². The van der Waals surface area contributed by atoms with Crippen molar-refractivity contribution in [2.75, 3.05) is 13.2 Å². The van der Waals surface area contributed by atoms with E-state index in [1.54, 1.807) is 0 Å². The molecule has 0 aromatic rings. The summed E-state index contributed by atoms with van der Waals surface area (Å²) in [4.78, 5) is 23.5. The van der Waals surface area contributed by atoms with E-state index >= 15 is 0 Å². The largest absolute Gasteiger partial charge is 0.466 e. The second-order valence-electron chi connectivity index (χ2n) is 9.34. The molecule has 0 heterocycles. The molecule has 0 aliphatic carbocycles. The van der Waals surface area contributed by atoms with Gasteiger partial charge in [-0.15, -0.1) is 0 Å². The Morgan fingerprint density at radius 3 is 1.60 bits per heavy atom. The summed E-state index contributed by atoms with van der Waals surface area (Å²) in [5.74, 6) is 1.33. The molecule has 0 N–H and O–H groups in total. The van der Waals surface area contributed by atoms with Crippen molar-refractivity contribution in [3.8, 4) is 0 Å². The highest BCUT2D eigenvalue weighted by molar-refractivity contribution is 5.70. The van der Waals surface area contributed by atoms with E-state index in [4.69, 9.17) is 9.47 Å². The van der Waals surface area contributed by atoms with Gasteiger partial charge < -0.3 is 9.47 Å². The van der Waals surface area contributed by atoms with Crippen LogP contribution < -0.4 is 0 Å². The molecule has 0 fully saturated rings. The number of esters is 2. The van der Waals surface area contributed by atoms with Crippen LogP contribution in [-0.4, -0.2) is 25.2 Å². The molecule has 0 amide bonds. The molecule has 0 bridgehead atoms. The lowest BCUT2D eigenvalue weighted by Gasteiger charge is -2.09. The van der Waals surface area contributed by atoms with Crippen LogP contribution >= 0.6 is 0 Å². The third kappa shape index (κ3) is 21.6. The van der Waals surface area contributed by atoms with Gasteiger partial charge in [-0.2, -0.15) is 0 Å². The highest BCUT2D eigenvalue weighted by Gasteiger charge is 2.06. The summed E-state index contributed by atoms with van der Waals surface area (Å²) in [5, 5.41) is 0. The molecule has 0 aromatic carbocycles. The van der Waals surface area contributed by atoms with Gasteiger partial charge in [-0.25, -0.2) is 0 Å². The lowest BCUT2D eigenvalue weighted by Crippen LogP contribution is -2.08. The predicted molar refractivity (Wildman–Crippen MR) is 125 cm³/mol. The minimum Gasteiger partial charge on any atom is -0.466 e. The molecule has 0 aromatic heterocycles. The van der Waals surface area contributed by atoms with Crippen LogP contribution in [0.3, 0.4) is 0 Å². The van der Waals surface area contributed by atoms with Gasteiger partial charge in [0.1, 0.15) is 0 Å². The minimum atomic E-state index is -0.139. The molecule has 0 aliphatic rings. The minimum absolute atomic E-state index is 0.138. The fourth-order valence-electron chi connectivity index (χ4n) is 3.65. The summed E-state index contributed by atoms with van der Waals surface area (Å²) in [6.07, 6.45) is 16.5. The van der Waals surface area contributed by atoms with E-state index in [2.05, 4.69) is 27.7 Å². The van der Waals surface area contributed by atoms with Crippen molar-refractivity contribution in [3.05, 3.63) is 0 Å². The second kappa shape index (κ2) is 21.2. The molecule has 0 radical (unpaired) electrons. The zero-order chi connectivity index (χ0) is 22.5. The van der Waals surface area contributed by atoms with Crippen molar-refractivity contribution in [2.24, 2.45) is 11.8 Å². The Kier molecular flexibility index (Phi) is 20.4. The van der Waals surface area contributed by atoms with Crippen LogP contribution in [0, 0.1) is 11.8 Å². The van der Waals surface area contributed by atoms with Gasteiger partial charge in [-0.1, -0.05) is 91.9 Å². The third-order valence-electron chi connectivity index (χ3n) is 5.59. The summed E-state index contributed by atoms with van der Waals surface area (Å²) >= 11 is 0. The first-order valence-electron chi connectivity index (χ1n) is 12.8. The Labute approximate surface area is 186 Å². The number of rotatable bonds is 21. The van der Waals surface area contributed by atoms with Crippen LogP contribution in [0.25, 0.3) is 0 Å². The predicted octanol–water partition coefficient (Wildman–Crippen LogP) is 7.63. The molecule has 0 saturated carbocycles. The topological polar surface area (TPSA) is 52.6 Å². The number of ether oxygens (including phenoxy) is 2. The van der Waals surface area contributed by atoms with Crippen LogP contribution in [0.2, 0.25) is 0 Å². The summed E-state index contributed by atoms with van der Waals surface area (Å²) in [6.45, 7) is 10.1. The van der Waals surface area contributed by atoms with Gasteiger partial charge in [0, 0.05) is 12.8 Å². The lowest BCUT2D eigenvalue weighted by molar-refractivity contribution is -0.146. The molecule has 4 heteroatoms. The van der Waals surface area contributed by atoms with Gasteiger partial charge in [-0.05, 0) is 37.5 Å². The van der Waals surface area contributed by atoms with E-state index in [1.165, 1.54) is 51.4 Å². The Morgan fingerprint density at radius 1 is 0.600 bits per heavy atom. The van der Waals surface area contributed by atoms with Crippen molar-refractivity contribution in [1.29, 1.82) is 0 Å². The fourth-order valence-corrected chi connectivity index (χ4v) is 3.65. The Morgan fingerprint density at radius 2 is 1.07 bits per heavy atom. The SMILES string of the molecule is CCCC(C)CCCCCOC(=O)CCCCC(=O)OCCCCCCCC(C)C. The van der Waals surface area contributed by atoms with Crippen LogP contribution in [0.5, 0.6) is 0 Å². The maximum Gasteiger partial charge on any atom is 0.305 e. The van der Waals surface area contributed by atoms with E-state index in [9.17, 15) is 9.59 Å². The molecule has 4 nitrogen and oxygen atoms in total. The first kappa shape index (κ1) is 28.9. The van der Waals surface area contributed by atoms with Crippen LogP contribution in [-0.2, 0) is 19.1 Å². The smallest absolute Gasteiger partial charge is 0.305 e. The van der Waals surface area contributed by atoms with E-state index in [-0.39, 0.29) is 11.9 Å². The van der Waals surface area contributed by atoms with E-state index in [0.717, 1.165) is 37.5 Å². The van der Waals surface area contributed by atoms with Gasteiger partial charge >= 0.3 is 11.9 Å². The molecule has 0 aliphatic heterocycles. The number of hydrogen-bond acceptors (Lipinski definition) is 4. The van der Waals surface area contributed by atoms with Crippen LogP contribution in [0.15, 0.2) is 0 Å². The molecule has 1 unspecified atom stereocenters. The lowest BCUT2D eigenvalue weighted by atomic mass is 9.99. The van der Waals surface area contributed by atoms with Crippen molar-refractivity contribution in [1.82, 2.24) is 0 Å². The molecule has 1 atom stereocenters. The van der Waals surface area contributed by atoms with Crippen molar-refractivity contribution in [2.45, 2.75) is 130 Å². The Balaban J connectivity index is 3.37. The highest BCUT2D eigenvalue weighted by Crippen LogP contribution is 2.14. The zero-order valence-electron chi connectivity index (χ0n) is 20.5. The van der Waals surface area contributed by atoms with E-state index in [1.807, 2.05) is 0 Å². The zero-order valence-corrected chi connectivity index (χ0v) is 20.5. The highest BCUT2D eigenvalue weighted by atomic mass is 16.5. The number of unbranched alkanes of at least 4 members (excludes halogenated alkanes) is 7. The molecule has 0 rings (SSSR count). The third-order valence-corrected chi connectivity index (χ3v) is 5.59. The summed E-state index contributed by atoms with van der Waals surface area (Å²) in [5.41, 5.74) is 0. The van der Waals surface area contributed by atoms with Crippen molar-refractivity contribution in [3.63, 3.8) is 0 Å². The van der Waals surface area contributed by atoms with E-state index in [0.29, 0.717) is 38.9 Å². The van der Waals surface area contributed by atoms with E-state index < -0.39 is 0 Å². The fraction of sp³-hybridized carbons (Fsp3) is 0.923. The maximum absolute atomic E-state index is 11.7. The summed E-state index contributed by atoms with van der Waals surface area (Å²) < 4.78 is 10.6. The molecule has 178 valence electrons. The quantitative estimate of drug-likeness (QED) is 0.140. The number of hydrogen-bond donors (Lipinski definition) is 0. The first-order chi connectivity index (χ1) is 14.5.